The van der Waals surface area contributed by atoms with Crippen molar-refractivity contribution in [1.29, 1.82) is 0 Å². The van der Waals surface area contributed by atoms with Crippen LogP contribution in [0.25, 0.3) is 0 Å². The maximum absolute atomic E-state index is 13.1. The molecule has 7 heteroatoms. The van der Waals surface area contributed by atoms with E-state index < -0.39 is 28.1 Å². The number of hydrogen-bond acceptors (Lipinski definition) is 6. The van der Waals surface area contributed by atoms with Gasteiger partial charge in [-0.3, -0.25) is 0 Å². The van der Waals surface area contributed by atoms with Crippen molar-refractivity contribution in [3.8, 4) is 11.5 Å². The van der Waals surface area contributed by atoms with Crippen molar-refractivity contribution in [2.45, 2.75) is 24.1 Å². The summed E-state index contributed by atoms with van der Waals surface area (Å²) in [7, 11) is 0. The molecule has 1 radical (unpaired) electrons. The average Bonchev–Trinajstić information content (AvgIpc) is 2.62. The van der Waals surface area contributed by atoms with Crippen molar-refractivity contribution in [3.63, 3.8) is 0 Å². The van der Waals surface area contributed by atoms with Crippen LogP contribution in [0, 0.1) is 0 Å². The molecule has 6 nitrogen and oxygen atoms in total. The molecule has 0 fully saturated rings. The van der Waals surface area contributed by atoms with Gasteiger partial charge in [0.25, 0.3) is 0 Å². The monoisotopic (exact) mass is 433 g/mol. The first-order valence-electron chi connectivity index (χ1n) is 8.34. The van der Waals surface area contributed by atoms with E-state index >= 15 is 0 Å². The van der Waals surface area contributed by atoms with Crippen molar-refractivity contribution in [2.24, 2.45) is 0 Å². The molecule has 3 rings (SSSR count). The Labute approximate surface area is 164 Å². The quantitative estimate of drug-likeness (QED) is 0.319. The zero-order valence-electron chi connectivity index (χ0n) is 14.8. The molecule has 139 valence electrons. The number of ether oxygens (including phenoxy) is 3. The molecule has 0 aromatic heterocycles. The number of fused-ring (bicyclic) bond motifs is 1. The van der Waals surface area contributed by atoms with Gasteiger partial charge in [-0.15, -0.1) is 0 Å². The summed E-state index contributed by atoms with van der Waals surface area (Å²) >= 11 is 2.95. The first kappa shape index (κ1) is 19.1. The van der Waals surface area contributed by atoms with Crippen LogP contribution in [0.2, 0.25) is 0 Å². The number of hydrogen-bond donors (Lipinski definition) is 0. The van der Waals surface area contributed by atoms with Crippen molar-refractivity contribution < 1.29 is 28.6 Å². The topological polar surface area (TPSA) is 78.9 Å². The summed E-state index contributed by atoms with van der Waals surface area (Å²) in [6.45, 7) is 3.09. The molecule has 0 spiro atoms. The summed E-state index contributed by atoms with van der Waals surface area (Å²) < 4.78 is 15.8. The third-order valence-electron chi connectivity index (χ3n) is 4.27. The van der Waals surface area contributed by atoms with Crippen molar-refractivity contribution >= 4 is 33.9 Å². The molecule has 0 amide bonds. The van der Waals surface area contributed by atoms with Gasteiger partial charge in [-0.2, -0.15) is 0 Å². The molecular weight excluding hydrogens is 415 g/mol. The van der Waals surface area contributed by atoms with E-state index in [-0.39, 0.29) is 18.1 Å². The summed E-state index contributed by atoms with van der Waals surface area (Å²) in [4.78, 5) is 36.5. The molecule has 27 heavy (non-hydrogen) atoms. The molecular formula is C20H17O6Se. The van der Waals surface area contributed by atoms with Crippen LogP contribution in [0.3, 0.4) is 0 Å². The van der Waals surface area contributed by atoms with E-state index in [1.807, 2.05) is 0 Å². The Balaban J connectivity index is 2.15. The minimum absolute atomic E-state index is 0.131. The number of benzene rings is 2. The van der Waals surface area contributed by atoms with Gasteiger partial charge in [0.05, 0.1) is 0 Å². The van der Waals surface area contributed by atoms with Gasteiger partial charge in [-0.05, 0) is 0 Å². The summed E-state index contributed by atoms with van der Waals surface area (Å²) in [5.74, 6) is -1.42. The molecule has 1 heterocycles. The molecule has 2 unspecified atom stereocenters. The zero-order valence-corrected chi connectivity index (χ0v) is 16.5. The molecule has 2 aromatic rings. The second-order valence-corrected chi connectivity index (χ2v) is 6.95. The van der Waals surface area contributed by atoms with Gasteiger partial charge in [0.2, 0.25) is 0 Å². The molecule has 2 aromatic carbocycles. The third-order valence-corrected chi connectivity index (χ3v) is 5.55. The fraction of sp³-hybridized carbons (Fsp3) is 0.250. The van der Waals surface area contributed by atoms with Crippen LogP contribution in [0.1, 0.15) is 29.8 Å². The van der Waals surface area contributed by atoms with E-state index in [0.717, 1.165) is 0 Å². The first-order chi connectivity index (χ1) is 12.9. The van der Waals surface area contributed by atoms with Gasteiger partial charge in [0, 0.05) is 0 Å². The Morgan fingerprint density at radius 3 is 2.52 bits per heavy atom. The van der Waals surface area contributed by atoms with E-state index in [4.69, 9.17) is 14.2 Å². The van der Waals surface area contributed by atoms with Crippen molar-refractivity contribution in [3.05, 3.63) is 59.7 Å². The summed E-state index contributed by atoms with van der Waals surface area (Å²) in [5, 5.41) is 0. The van der Waals surface area contributed by atoms with E-state index in [2.05, 4.69) is 16.0 Å². The Morgan fingerprint density at radius 2 is 1.89 bits per heavy atom. The van der Waals surface area contributed by atoms with Crippen molar-refractivity contribution in [1.82, 2.24) is 0 Å². The fourth-order valence-corrected chi connectivity index (χ4v) is 4.19. The summed E-state index contributed by atoms with van der Waals surface area (Å²) in [6, 6.07) is 13.4. The summed E-state index contributed by atoms with van der Waals surface area (Å²) in [5.41, 5.74) is -0.581. The van der Waals surface area contributed by atoms with Crippen molar-refractivity contribution in [2.75, 3.05) is 6.61 Å². The molecule has 0 aliphatic carbocycles. The van der Waals surface area contributed by atoms with Crippen LogP contribution in [0.15, 0.2) is 48.5 Å². The van der Waals surface area contributed by atoms with Gasteiger partial charge in [-0.1, -0.05) is 0 Å². The first-order valence-corrected chi connectivity index (χ1v) is 9.33. The van der Waals surface area contributed by atoms with Crippen LogP contribution in [-0.4, -0.2) is 40.5 Å². The average molecular weight is 432 g/mol. The molecule has 0 saturated heterocycles. The Morgan fingerprint density at radius 1 is 1.19 bits per heavy atom. The standard InChI is InChI=1S/C20H17O6Se/c1-3-24-18(22)20(13-7-5-4-6-8-13)17(27)15-10-9-14(25-12(2)21)11-16(15)26-19(20)23/h4-11,17H,3H2,1-2H3. The molecule has 1 aliphatic rings. The molecule has 0 saturated carbocycles. The van der Waals surface area contributed by atoms with Crippen LogP contribution in [0.4, 0.5) is 0 Å². The summed E-state index contributed by atoms with van der Waals surface area (Å²) in [6.07, 6.45) is 0. The second-order valence-electron chi connectivity index (χ2n) is 5.96. The predicted octanol–water partition coefficient (Wildman–Crippen LogP) is 2.24. The Kier molecular flexibility index (Phi) is 5.35. The Bertz CT molecular complexity index is 895. The van der Waals surface area contributed by atoms with E-state index in [1.165, 1.54) is 13.0 Å². The third kappa shape index (κ3) is 3.24. The van der Waals surface area contributed by atoms with Crippen LogP contribution in [-0.2, 0) is 24.5 Å². The molecule has 0 bridgehead atoms. The van der Waals surface area contributed by atoms with Gasteiger partial charge in [0.15, 0.2) is 0 Å². The van der Waals surface area contributed by atoms with Gasteiger partial charge < -0.3 is 0 Å². The molecule has 1 aliphatic heterocycles. The molecule has 0 N–H and O–H groups in total. The number of esters is 3. The van der Waals surface area contributed by atoms with E-state index in [1.54, 1.807) is 49.4 Å². The number of carbonyl (C=O) groups excluding carboxylic acids is 3. The van der Waals surface area contributed by atoms with Crippen LogP contribution >= 0.6 is 0 Å². The maximum atomic E-state index is 13.1. The van der Waals surface area contributed by atoms with E-state index in [9.17, 15) is 14.4 Å². The fourth-order valence-electron chi connectivity index (χ4n) is 3.09. The van der Waals surface area contributed by atoms with Crippen LogP contribution in [0.5, 0.6) is 11.5 Å². The Hall–Kier alpha value is -2.63. The number of carbonyl (C=O) groups is 3. The SMILES string of the molecule is CCOC(=O)C1(c2ccccc2)C(=O)Oc2cc(OC(C)=O)ccc2C1[Se]. The second kappa shape index (κ2) is 7.54. The minimum atomic E-state index is -1.66. The molecule has 2 atom stereocenters. The zero-order chi connectivity index (χ0) is 19.6. The van der Waals surface area contributed by atoms with Gasteiger partial charge >= 0.3 is 164 Å². The number of rotatable bonds is 4. The van der Waals surface area contributed by atoms with Crippen LogP contribution < -0.4 is 9.47 Å². The van der Waals surface area contributed by atoms with E-state index in [0.29, 0.717) is 11.1 Å². The normalized spacial score (nSPS) is 21.0. The van der Waals surface area contributed by atoms with Gasteiger partial charge in [0.1, 0.15) is 0 Å². The predicted molar refractivity (Wildman–Crippen MR) is 96.6 cm³/mol. The van der Waals surface area contributed by atoms with Gasteiger partial charge in [-0.25, -0.2) is 0 Å².